The van der Waals surface area contributed by atoms with Gasteiger partial charge >= 0.3 is 0 Å². The van der Waals surface area contributed by atoms with Gasteiger partial charge in [0, 0.05) is 0 Å². The van der Waals surface area contributed by atoms with Crippen LogP contribution in [-0.4, -0.2) is 60.0 Å². The molecule has 1 aliphatic carbocycles. The Morgan fingerprint density at radius 1 is 0.919 bits per heavy atom. The molecule has 1 saturated carbocycles. The van der Waals surface area contributed by atoms with Crippen LogP contribution in [0.5, 0.6) is 5.75 Å². The summed E-state index contributed by atoms with van der Waals surface area (Å²) in [6.45, 7) is 1.77. The highest BCUT2D eigenvalue weighted by atomic mass is 16.3. The highest BCUT2D eigenvalue weighted by Crippen LogP contribution is 2.27. The van der Waals surface area contributed by atoms with Crippen molar-refractivity contribution in [2.45, 2.75) is 50.7 Å². The summed E-state index contributed by atoms with van der Waals surface area (Å²) in [5.41, 5.74) is 7.66. The van der Waals surface area contributed by atoms with Gasteiger partial charge in [0.1, 0.15) is 11.8 Å². The quantitative estimate of drug-likeness (QED) is 0.224. The summed E-state index contributed by atoms with van der Waals surface area (Å²) in [7, 11) is 0. The van der Waals surface area contributed by atoms with Crippen molar-refractivity contribution in [1.29, 1.82) is 0 Å². The minimum absolute atomic E-state index is 0.110. The van der Waals surface area contributed by atoms with Gasteiger partial charge in [0.05, 0.1) is 18.6 Å². The fourth-order valence-electron chi connectivity index (χ4n) is 3.69. The van der Waals surface area contributed by atoms with Gasteiger partial charge in [-0.05, 0) is 68.3 Å². The van der Waals surface area contributed by atoms with Gasteiger partial charge in [-0.25, -0.2) is 0 Å². The van der Waals surface area contributed by atoms with Crippen LogP contribution in [0.4, 0.5) is 0 Å². The predicted molar refractivity (Wildman–Crippen MR) is 138 cm³/mol. The van der Waals surface area contributed by atoms with E-state index in [1.165, 1.54) is 19.1 Å². The van der Waals surface area contributed by atoms with Gasteiger partial charge < -0.3 is 26.8 Å². The molecule has 2 aromatic carbocycles. The Balaban J connectivity index is 1.42. The minimum atomic E-state index is -0.937. The number of nitrogens with two attached hydrogens (primary N) is 1. The lowest BCUT2D eigenvalue weighted by atomic mass is 10.0. The Morgan fingerprint density at radius 2 is 1.57 bits per heavy atom. The standard InChI is InChI=1S/C27H35N5O5/c1-17(31-26(36)22(28)13-19-9-11-21(33)12-10-19)25(35)30-16-24(34)32-27(37)23(29-15-20-7-8-20)14-18-5-3-2-4-6-18/h2-6,9-12,17,20,22-23,29,33H,7-8,13-16,28H2,1H3,(H,30,35)(H,31,36)(H,32,34,37)/t17-,22+,23+/m1/s1. The van der Waals surface area contributed by atoms with Gasteiger partial charge in [0.15, 0.2) is 0 Å². The van der Waals surface area contributed by atoms with Gasteiger partial charge in [-0.2, -0.15) is 0 Å². The molecule has 0 aromatic heterocycles. The number of nitrogens with one attached hydrogen (secondary N) is 4. The molecule has 0 heterocycles. The molecule has 3 rings (SSSR count). The molecule has 4 amide bonds. The van der Waals surface area contributed by atoms with E-state index in [-0.39, 0.29) is 12.2 Å². The van der Waals surface area contributed by atoms with Crippen molar-refractivity contribution in [2.75, 3.05) is 13.1 Å². The van der Waals surface area contributed by atoms with E-state index in [4.69, 9.17) is 5.73 Å². The van der Waals surface area contributed by atoms with E-state index in [0.717, 1.165) is 24.0 Å². The molecular formula is C27H35N5O5. The summed E-state index contributed by atoms with van der Waals surface area (Å²) in [5.74, 6) is -1.54. The number of carbonyl (C=O) groups is 4. The van der Waals surface area contributed by atoms with Crippen molar-refractivity contribution in [3.05, 3.63) is 65.7 Å². The third-order valence-electron chi connectivity index (χ3n) is 6.12. The summed E-state index contributed by atoms with van der Waals surface area (Å²) in [6.07, 6.45) is 2.93. The zero-order valence-corrected chi connectivity index (χ0v) is 20.9. The van der Waals surface area contributed by atoms with Crippen LogP contribution in [-0.2, 0) is 32.0 Å². The first-order valence-electron chi connectivity index (χ1n) is 12.4. The van der Waals surface area contributed by atoms with E-state index in [0.29, 0.717) is 18.9 Å². The zero-order valence-electron chi connectivity index (χ0n) is 20.9. The Hall–Kier alpha value is -3.76. The minimum Gasteiger partial charge on any atom is -0.508 e. The maximum absolute atomic E-state index is 12.8. The molecule has 2 aromatic rings. The van der Waals surface area contributed by atoms with E-state index in [9.17, 15) is 24.3 Å². The van der Waals surface area contributed by atoms with Gasteiger partial charge in [-0.3, -0.25) is 24.5 Å². The van der Waals surface area contributed by atoms with Gasteiger partial charge in [-0.1, -0.05) is 42.5 Å². The van der Waals surface area contributed by atoms with Crippen LogP contribution in [0.15, 0.2) is 54.6 Å². The Bertz CT molecular complexity index is 1070. The van der Waals surface area contributed by atoms with Gasteiger partial charge in [-0.15, -0.1) is 0 Å². The Labute approximate surface area is 216 Å². The molecule has 7 N–H and O–H groups in total. The molecular weight excluding hydrogens is 474 g/mol. The van der Waals surface area contributed by atoms with Gasteiger partial charge in [0.25, 0.3) is 0 Å². The SMILES string of the molecule is C[C@@H](NC(=O)[C@@H](N)Cc1ccc(O)cc1)C(=O)NCC(=O)NC(=O)[C@H](Cc1ccccc1)NCC1CC1. The first kappa shape index (κ1) is 27.8. The summed E-state index contributed by atoms with van der Waals surface area (Å²) < 4.78 is 0. The maximum atomic E-state index is 12.8. The number of phenolic OH excluding ortho intramolecular Hbond substituents is 1. The highest BCUT2D eigenvalue weighted by molar-refractivity contribution is 6.00. The molecule has 10 heteroatoms. The Kier molecular flexibility index (Phi) is 10.2. The third-order valence-corrected chi connectivity index (χ3v) is 6.12. The average molecular weight is 510 g/mol. The fourth-order valence-corrected chi connectivity index (χ4v) is 3.69. The number of phenols is 1. The Morgan fingerprint density at radius 3 is 2.22 bits per heavy atom. The number of hydrogen-bond acceptors (Lipinski definition) is 7. The normalized spacial score (nSPS) is 15.2. The number of rotatable bonds is 13. The monoisotopic (exact) mass is 509 g/mol. The number of imide groups is 1. The van der Waals surface area contributed by atoms with Gasteiger partial charge in [0.2, 0.25) is 23.6 Å². The number of hydrogen-bond donors (Lipinski definition) is 6. The molecule has 0 unspecified atom stereocenters. The molecule has 1 fully saturated rings. The second kappa shape index (κ2) is 13.5. The maximum Gasteiger partial charge on any atom is 0.245 e. The second-order valence-corrected chi connectivity index (χ2v) is 9.43. The smallest absolute Gasteiger partial charge is 0.245 e. The molecule has 10 nitrogen and oxygen atoms in total. The first-order chi connectivity index (χ1) is 17.7. The third kappa shape index (κ3) is 9.66. The lowest BCUT2D eigenvalue weighted by Crippen LogP contribution is -2.53. The molecule has 1 aliphatic rings. The largest absolute Gasteiger partial charge is 0.508 e. The second-order valence-electron chi connectivity index (χ2n) is 9.43. The summed E-state index contributed by atoms with van der Waals surface area (Å²) >= 11 is 0. The van der Waals surface area contributed by atoms with E-state index in [1.807, 2.05) is 30.3 Å². The molecule has 0 spiro atoms. The molecule has 0 aliphatic heterocycles. The first-order valence-corrected chi connectivity index (χ1v) is 12.4. The predicted octanol–water partition coefficient (Wildman–Crippen LogP) is 0.137. The van der Waals surface area contributed by atoms with Crippen molar-refractivity contribution in [1.82, 2.24) is 21.3 Å². The summed E-state index contributed by atoms with van der Waals surface area (Å²) in [4.78, 5) is 49.8. The number of amides is 4. The highest BCUT2D eigenvalue weighted by Gasteiger charge is 2.26. The molecule has 0 saturated heterocycles. The topological polar surface area (TPSA) is 163 Å². The van der Waals surface area contributed by atoms with Crippen LogP contribution in [0.3, 0.4) is 0 Å². The van der Waals surface area contributed by atoms with Crippen molar-refractivity contribution < 1.29 is 24.3 Å². The molecule has 3 atom stereocenters. The van der Waals surface area contributed by atoms with Crippen LogP contribution >= 0.6 is 0 Å². The molecule has 198 valence electrons. The van der Waals surface area contributed by atoms with Crippen molar-refractivity contribution in [3.8, 4) is 5.75 Å². The summed E-state index contributed by atoms with van der Waals surface area (Å²) in [5, 5.41) is 19.9. The number of aromatic hydroxyl groups is 1. The number of benzene rings is 2. The van der Waals surface area contributed by atoms with Crippen molar-refractivity contribution in [2.24, 2.45) is 11.7 Å². The zero-order chi connectivity index (χ0) is 26.8. The van der Waals surface area contributed by atoms with Crippen LogP contribution in [0.2, 0.25) is 0 Å². The van der Waals surface area contributed by atoms with E-state index in [1.54, 1.807) is 12.1 Å². The van der Waals surface area contributed by atoms with Crippen LogP contribution in [0.1, 0.15) is 30.9 Å². The lowest BCUT2D eigenvalue weighted by molar-refractivity contribution is -0.133. The van der Waals surface area contributed by atoms with E-state index in [2.05, 4.69) is 21.3 Å². The fraction of sp³-hybridized carbons (Fsp3) is 0.407. The average Bonchev–Trinajstić information content (AvgIpc) is 3.71. The lowest BCUT2D eigenvalue weighted by Gasteiger charge is -2.19. The molecule has 0 radical (unpaired) electrons. The van der Waals surface area contributed by atoms with Crippen LogP contribution < -0.4 is 27.0 Å². The van der Waals surface area contributed by atoms with E-state index >= 15 is 0 Å². The molecule has 0 bridgehead atoms. The van der Waals surface area contributed by atoms with Crippen molar-refractivity contribution in [3.63, 3.8) is 0 Å². The van der Waals surface area contributed by atoms with Crippen LogP contribution in [0.25, 0.3) is 0 Å². The number of carbonyl (C=O) groups excluding carboxylic acids is 4. The van der Waals surface area contributed by atoms with Crippen molar-refractivity contribution >= 4 is 23.6 Å². The van der Waals surface area contributed by atoms with Crippen LogP contribution in [0, 0.1) is 5.92 Å². The van der Waals surface area contributed by atoms with E-state index < -0.39 is 48.3 Å². The summed E-state index contributed by atoms with van der Waals surface area (Å²) in [6, 6.07) is 13.4. The molecule has 37 heavy (non-hydrogen) atoms.